The lowest BCUT2D eigenvalue weighted by atomic mass is 9.99. The Morgan fingerprint density at radius 3 is 2.58 bits per heavy atom. The number of nitrogens with zero attached hydrogens (tertiary/aromatic N) is 4. The molecule has 1 aliphatic heterocycles. The van der Waals surface area contributed by atoms with Gasteiger partial charge in [0, 0.05) is 24.8 Å². The van der Waals surface area contributed by atoms with Crippen LogP contribution in [0.4, 0.5) is 24.9 Å². The molecular weight excluding hydrogens is 415 g/mol. The molecule has 2 aliphatic rings. The number of alkyl halides is 3. The minimum atomic E-state index is -4.66. The minimum absolute atomic E-state index is 0.0295. The molecule has 31 heavy (non-hydrogen) atoms. The van der Waals surface area contributed by atoms with E-state index in [1.165, 1.54) is 6.07 Å². The van der Waals surface area contributed by atoms with Gasteiger partial charge in [-0.3, -0.25) is 4.79 Å². The molecule has 1 aliphatic carbocycles. The zero-order valence-electron chi connectivity index (χ0n) is 16.9. The SMILES string of the molecule is CCOC(=O)C1(c2cc(-c3cnc(N)cc3C(F)(F)F)nc(N3CCOCC3)n2)CC1. The van der Waals surface area contributed by atoms with Gasteiger partial charge >= 0.3 is 12.1 Å². The number of rotatable bonds is 5. The first-order valence-corrected chi connectivity index (χ1v) is 9.97. The fourth-order valence-electron chi connectivity index (χ4n) is 3.59. The van der Waals surface area contributed by atoms with Gasteiger partial charge < -0.3 is 20.1 Å². The molecule has 0 bridgehead atoms. The van der Waals surface area contributed by atoms with Crippen molar-refractivity contribution in [2.75, 3.05) is 43.5 Å². The zero-order valence-corrected chi connectivity index (χ0v) is 16.9. The monoisotopic (exact) mass is 437 g/mol. The maximum Gasteiger partial charge on any atom is 0.417 e. The number of nitrogen functional groups attached to an aromatic ring is 1. The smallest absolute Gasteiger partial charge is 0.417 e. The Bertz CT molecular complexity index is 989. The van der Waals surface area contributed by atoms with Crippen molar-refractivity contribution in [3.63, 3.8) is 0 Å². The Hall–Kier alpha value is -2.95. The van der Waals surface area contributed by atoms with Crippen LogP contribution in [0.3, 0.4) is 0 Å². The lowest BCUT2D eigenvalue weighted by Crippen LogP contribution is -2.38. The fourth-order valence-corrected chi connectivity index (χ4v) is 3.59. The highest BCUT2D eigenvalue weighted by Gasteiger charge is 2.54. The molecule has 0 atom stereocenters. The van der Waals surface area contributed by atoms with Crippen LogP contribution in [0.15, 0.2) is 18.3 Å². The summed E-state index contributed by atoms with van der Waals surface area (Å²) in [6.45, 7) is 3.78. The molecule has 1 saturated heterocycles. The molecule has 0 spiro atoms. The molecule has 4 rings (SSSR count). The van der Waals surface area contributed by atoms with Gasteiger partial charge in [-0.15, -0.1) is 0 Å². The van der Waals surface area contributed by atoms with Crippen molar-refractivity contribution in [1.29, 1.82) is 0 Å². The van der Waals surface area contributed by atoms with E-state index in [1.807, 2.05) is 4.90 Å². The van der Waals surface area contributed by atoms with E-state index >= 15 is 0 Å². The maximum absolute atomic E-state index is 13.7. The molecule has 166 valence electrons. The van der Waals surface area contributed by atoms with E-state index in [1.54, 1.807) is 6.92 Å². The Labute approximate surface area is 176 Å². The number of ether oxygens (including phenoxy) is 2. The van der Waals surface area contributed by atoms with Crippen LogP contribution in [0.2, 0.25) is 0 Å². The summed E-state index contributed by atoms with van der Waals surface area (Å²) in [5.41, 5.74) is 3.75. The summed E-state index contributed by atoms with van der Waals surface area (Å²) in [4.78, 5) is 27.2. The van der Waals surface area contributed by atoms with E-state index in [2.05, 4.69) is 15.0 Å². The van der Waals surface area contributed by atoms with Crippen molar-refractivity contribution < 1.29 is 27.4 Å². The van der Waals surface area contributed by atoms with Gasteiger partial charge in [-0.05, 0) is 31.9 Å². The number of hydrogen-bond donors (Lipinski definition) is 1. The molecule has 0 radical (unpaired) electrons. The van der Waals surface area contributed by atoms with Crippen LogP contribution in [-0.4, -0.2) is 53.8 Å². The van der Waals surface area contributed by atoms with Crippen LogP contribution < -0.4 is 10.6 Å². The van der Waals surface area contributed by atoms with Crippen LogP contribution in [-0.2, 0) is 25.9 Å². The molecule has 1 saturated carbocycles. The number of hydrogen-bond acceptors (Lipinski definition) is 8. The molecule has 2 aromatic heterocycles. The van der Waals surface area contributed by atoms with Crippen molar-refractivity contribution >= 4 is 17.7 Å². The molecule has 8 nitrogen and oxygen atoms in total. The third-order valence-corrected chi connectivity index (χ3v) is 5.42. The highest BCUT2D eigenvalue weighted by Crippen LogP contribution is 2.49. The highest BCUT2D eigenvalue weighted by molar-refractivity contribution is 5.86. The van der Waals surface area contributed by atoms with E-state index in [0.29, 0.717) is 44.8 Å². The van der Waals surface area contributed by atoms with Gasteiger partial charge in [-0.1, -0.05) is 0 Å². The van der Waals surface area contributed by atoms with Crippen LogP contribution >= 0.6 is 0 Å². The van der Waals surface area contributed by atoms with E-state index in [9.17, 15) is 18.0 Å². The number of carbonyl (C=O) groups is 1. The molecule has 2 N–H and O–H groups in total. The van der Waals surface area contributed by atoms with Crippen molar-refractivity contribution in [2.45, 2.75) is 31.4 Å². The Kier molecular flexibility index (Phi) is 5.46. The number of esters is 1. The molecule has 2 aromatic rings. The van der Waals surface area contributed by atoms with E-state index in [0.717, 1.165) is 12.3 Å². The summed E-state index contributed by atoms with van der Waals surface area (Å²) < 4.78 is 51.7. The molecular formula is C20H22F3N5O3. The van der Waals surface area contributed by atoms with E-state index < -0.39 is 23.1 Å². The third kappa shape index (κ3) is 4.14. The number of carbonyl (C=O) groups excluding carboxylic acids is 1. The average Bonchev–Trinajstić information content (AvgIpc) is 3.56. The van der Waals surface area contributed by atoms with Gasteiger partial charge in [0.2, 0.25) is 5.95 Å². The largest absolute Gasteiger partial charge is 0.465 e. The first-order chi connectivity index (χ1) is 14.7. The van der Waals surface area contributed by atoms with Crippen molar-refractivity contribution in [1.82, 2.24) is 15.0 Å². The maximum atomic E-state index is 13.7. The Morgan fingerprint density at radius 1 is 1.26 bits per heavy atom. The number of pyridine rings is 1. The van der Waals surface area contributed by atoms with Gasteiger partial charge in [0.25, 0.3) is 0 Å². The van der Waals surface area contributed by atoms with E-state index in [-0.39, 0.29) is 29.6 Å². The van der Waals surface area contributed by atoms with Gasteiger partial charge in [-0.25, -0.2) is 15.0 Å². The molecule has 11 heteroatoms. The van der Waals surface area contributed by atoms with Crippen LogP contribution in [0, 0.1) is 0 Å². The molecule has 3 heterocycles. The van der Waals surface area contributed by atoms with Crippen molar-refractivity contribution in [2.24, 2.45) is 0 Å². The first kappa shape index (κ1) is 21.3. The minimum Gasteiger partial charge on any atom is -0.465 e. The second-order valence-corrected chi connectivity index (χ2v) is 7.49. The predicted molar refractivity (Wildman–Crippen MR) is 105 cm³/mol. The number of halogens is 3. The summed E-state index contributed by atoms with van der Waals surface area (Å²) in [5.74, 6) is -0.431. The van der Waals surface area contributed by atoms with Gasteiger partial charge in [0.05, 0.1) is 36.8 Å². The lowest BCUT2D eigenvalue weighted by molar-refractivity contribution is -0.146. The third-order valence-electron chi connectivity index (χ3n) is 5.42. The topological polar surface area (TPSA) is 103 Å². The standard InChI is InChI=1S/C20H22F3N5O3/c1-2-31-17(29)19(3-4-19)15-10-14(26-18(27-15)28-5-7-30-8-6-28)12-11-25-16(24)9-13(12)20(21,22)23/h9-11H,2-8H2,1H3,(H2,24,25). The molecule has 0 unspecified atom stereocenters. The number of anilines is 2. The van der Waals surface area contributed by atoms with Crippen molar-refractivity contribution in [3.8, 4) is 11.3 Å². The quantitative estimate of drug-likeness (QED) is 0.712. The van der Waals surface area contributed by atoms with Crippen molar-refractivity contribution in [3.05, 3.63) is 29.6 Å². The van der Waals surface area contributed by atoms with E-state index in [4.69, 9.17) is 15.2 Å². The lowest BCUT2D eigenvalue weighted by Gasteiger charge is -2.28. The fraction of sp³-hybridized carbons (Fsp3) is 0.500. The van der Waals surface area contributed by atoms with Crippen LogP contribution in [0.5, 0.6) is 0 Å². The first-order valence-electron chi connectivity index (χ1n) is 9.97. The normalized spacial score (nSPS) is 18.0. The number of morpholine rings is 1. The summed E-state index contributed by atoms with van der Waals surface area (Å²) >= 11 is 0. The summed E-state index contributed by atoms with van der Waals surface area (Å²) in [7, 11) is 0. The van der Waals surface area contributed by atoms with Crippen LogP contribution in [0.25, 0.3) is 11.3 Å². The molecule has 0 amide bonds. The van der Waals surface area contributed by atoms with Crippen LogP contribution in [0.1, 0.15) is 31.0 Å². The average molecular weight is 437 g/mol. The second-order valence-electron chi connectivity index (χ2n) is 7.49. The summed E-state index contributed by atoms with van der Waals surface area (Å²) in [5, 5.41) is 0. The number of aromatic nitrogens is 3. The number of nitrogens with two attached hydrogens (primary N) is 1. The Balaban J connectivity index is 1.86. The Morgan fingerprint density at radius 2 is 1.97 bits per heavy atom. The van der Waals surface area contributed by atoms with Gasteiger partial charge in [0.15, 0.2) is 0 Å². The highest BCUT2D eigenvalue weighted by atomic mass is 19.4. The van der Waals surface area contributed by atoms with Gasteiger partial charge in [0.1, 0.15) is 11.2 Å². The zero-order chi connectivity index (χ0) is 22.2. The second kappa shape index (κ2) is 7.95. The predicted octanol–water partition coefficient (Wildman–Crippen LogP) is 2.57. The molecule has 0 aromatic carbocycles. The molecule has 2 fully saturated rings. The summed E-state index contributed by atoms with van der Waals surface area (Å²) in [6.07, 6.45) is -2.58. The summed E-state index contributed by atoms with van der Waals surface area (Å²) in [6, 6.07) is 2.21. The van der Waals surface area contributed by atoms with Gasteiger partial charge in [-0.2, -0.15) is 13.2 Å².